The first-order valence-electron chi connectivity index (χ1n) is 7.17. The van der Waals surface area contributed by atoms with E-state index in [1.165, 1.54) is 0 Å². The van der Waals surface area contributed by atoms with E-state index in [0.29, 0.717) is 6.07 Å². The molecule has 1 aromatic carbocycles. The van der Waals surface area contributed by atoms with Gasteiger partial charge in [0.15, 0.2) is 0 Å². The highest BCUT2D eigenvalue weighted by Crippen LogP contribution is 2.30. The Kier molecular flexibility index (Phi) is 6.60. The Balaban J connectivity index is 3.08. The molecule has 0 saturated heterocycles. The number of ether oxygens (including phenoxy) is 2. The third-order valence-electron chi connectivity index (χ3n) is 2.94. The van der Waals surface area contributed by atoms with Crippen LogP contribution in [-0.2, 0) is 30.5 Å². The topological polar surface area (TPSA) is 81.7 Å². The van der Waals surface area contributed by atoms with Gasteiger partial charge in [0, 0.05) is 0 Å². The standard InChI is InChI=1S/C15H20F3NO5S/c1-14(2,3)24-9-12(13(20)23-4)19-25(21,22)11-7-5-6-10(8-11)15(16,17)18/h5-8,12,19H,9H2,1-4H3. The quantitative estimate of drug-likeness (QED) is 0.763. The highest BCUT2D eigenvalue weighted by Gasteiger charge is 2.33. The van der Waals surface area contributed by atoms with E-state index in [1.807, 2.05) is 4.72 Å². The number of carbonyl (C=O) groups excluding carboxylic acids is 1. The van der Waals surface area contributed by atoms with Crippen molar-refractivity contribution < 1.29 is 35.9 Å². The normalized spacial score (nSPS) is 14.2. The fourth-order valence-corrected chi connectivity index (χ4v) is 2.94. The minimum atomic E-state index is -4.69. The zero-order valence-corrected chi connectivity index (χ0v) is 15.0. The molecule has 1 rings (SSSR count). The van der Waals surface area contributed by atoms with E-state index in [9.17, 15) is 26.4 Å². The van der Waals surface area contributed by atoms with E-state index < -0.39 is 44.3 Å². The molecule has 0 aliphatic heterocycles. The first-order valence-corrected chi connectivity index (χ1v) is 8.66. The van der Waals surface area contributed by atoms with Gasteiger partial charge in [-0.3, -0.25) is 4.79 Å². The molecule has 0 aliphatic rings. The second-order valence-electron chi connectivity index (χ2n) is 6.15. The molecule has 1 aromatic rings. The second-order valence-corrected chi connectivity index (χ2v) is 7.86. The highest BCUT2D eigenvalue weighted by molar-refractivity contribution is 7.89. The minimum absolute atomic E-state index is 0.339. The largest absolute Gasteiger partial charge is 0.468 e. The molecule has 0 spiro atoms. The molecule has 6 nitrogen and oxygen atoms in total. The number of carbonyl (C=O) groups is 1. The molecule has 0 aliphatic carbocycles. The molecule has 0 saturated carbocycles. The van der Waals surface area contributed by atoms with Crippen LogP contribution in [0.3, 0.4) is 0 Å². The summed E-state index contributed by atoms with van der Waals surface area (Å²) in [4.78, 5) is 11.1. The molecule has 0 bridgehead atoms. The smallest absolute Gasteiger partial charge is 0.416 e. The number of esters is 1. The van der Waals surface area contributed by atoms with Gasteiger partial charge in [-0.15, -0.1) is 0 Å². The van der Waals surface area contributed by atoms with Crippen LogP contribution in [0.15, 0.2) is 29.2 Å². The fourth-order valence-electron chi connectivity index (χ4n) is 1.72. The summed E-state index contributed by atoms with van der Waals surface area (Å²) in [5, 5.41) is 0. The Morgan fingerprint density at radius 1 is 1.24 bits per heavy atom. The lowest BCUT2D eigenvalue weighted by molar-refractivity contribution is -0.145. The van der Waals surface area contributed by atoms with Gasteiger partial charge < -0.3 is 9.47 Å². The molecule has 25 heavy (non-hydrogen) atoms. The maximum Gasteiger partial charge on any atom is 0.416 e. The average molecular weight is 383 g/mol. The second kappa shape index (κ2) is 7.71. The van der Waals surface area contributed by atoms with Crippen LogP contribution in [0.4, 0.5) is 13.2 Å². The van der Waals surface area contributed by atoms with Crippen LogP contribution in [0.2, 0.25) is 0 Å². The SMILES string of the molecule is COC(=O)C(COC(C)(C)C)NS(=O)(=O)c1cccc(C(F)(F)F)c1. The summed E-state index contributed by atoms with van der Waals surface area (Å²) in [6.45, 7) is 4.75. The predicted octanol–water partition coefficient (Wildman–Crippen LogP) is 2.34. The number of alkyl halides is 3. The summed E-state index contributed by atoms with van der Waals surface area (Å²) < 4.78 is 74.8. The lowest BCUT2D eigenvalue weighted by Crippen LogP contribution is -2.46. The Hall–Kier alpha value is -1.65. The molecular formula is C15H20F3NO5S. The Bertz CT molecular complexity index is 711. The van der Waals surface area contributed by atoms with Gasteiger partial charge in [-0.2, -0.15) is 17.9 Å². The molecular weight excluding hydrogens is 363 g/mol. The zero-order chi connectivity index (χ0) is 19.5. The average Bonchev–Trinajstić information content (AvgIpc) is 2.49. The van der Waals surface area contributed by atoms with Crippen molar-refractivity contribution >= 4 is 16.0 Å². The maximum atomic E-state index is 12.7. The molecule has 0 aromatic heterocycles. The Morgan fingerprint density at radius 2 is 1.84 bits per heavy atom. The summed E-state index contributed by atoms with van der Waals surface area (Å²) in [7, 11) is -3.34. The van der Waals surface area contributed by atoms with Crippen LogP contribution in [0.1, 0.15) is 26.3 Å². The monoisotopic (exact) mass is 383 g/mol. The van der Waals surface area contributed by atoms with Crippen LogP contribution in [-0.4, -0.2) is 39.7 Å². The lowest BCUT2D eigenvalue weighted by atomic mass is 10.2. The van der Waals surface area contributed by atoms with Crippen molar-refractivity contribution in [3.8, 4) is 0 Å². The minimum Gasteiger partial charge on any atom is -0.468 e. The number of benzene rings is 1. The molecule has 0 fully saturated rings. The summed E-state index contributed by atoms with van der Waals surface area (Å²) in [5.41, 5.74) is -1.77. The Morgan fingerprint density at radius 3 is 2.32 bits per heavy atom. The molecule has 10 heteroatoms. The molecule has 0 heterocycles. The van der Waals surface area contributed by atoms with Crippen molar-refractivity contribution in [2.45, 2.75) is 43.5 Å². The zero-order valence-electron chi connectivity index (χ0n) is 14.2. The molecule has 0 amide bonds. The van der Waals surface area contributed by atoms with E-state index in [2.05, 4.69) is 4.74 Å². The van der Waals surface area contributed by atoms with Crippen LogP contribution < -0.4 is 4.72 Å². The number of sulfonamides is 1. The number of hydrogen-bond donors (Lipinski definition) is 1. The van der Waals surface area contributed by atoms with Crippen LogP contribution in [0, 0.1) is 0 Å². The number of nitrogens with one attached hydrogen (secondary N) is 1. The van der Waals surface area contributed by atoms with Gasteiger partial charge in [0.1, 0.15) is 6.04 Å². The maximum absolute atomic E-state index is 12.7. The van der Waals surface area contributed by atoms with Crippen molar-refractivity contribution in [3.63, 3.8) is 0 Å². The van der Waals surface area contributed by atoms with Crippen LogP contribution in [0.5, 0.6) is 0 Å². The molecule has 0 radical (unpaired) electrons. The molecule has 142 valence electrons. The lowest BCUT2D eigenvalue weighted by Gasteiger charge is -2.23. The van der Waals surface area contributed by atoms with Gasteiger partial charge in [-0.1, -0.05) is 6.07 Å². The number of methoxy groups -OCH3 is 1. The van der Waals surface area contributed by atoms with Gasteiger partial charge in [-0.25, -0.2) is 8.42 Å². The van der Waals surface area contributed by atoms with Gasteiger partial charge in [0.2, 0.25) is 10.0 Å². The van der Waals surface area contributed by atoms with Crippen molar-refractivity contribution in [2.24, 2.45) is 0 Å². The summed E-state index contributed by atoms with van der Waals surface area (Å²) in [6.07, 6.45) is -4.69. The first kappa shape index (κ1) is 21.4. The highest BCUT2D eigenvalue weighted by atomic mass is 32.2. The molecule has 1 atom stereocenters. The summed E-state index contributed by atoms with van der Waals surface area (Å²) in [5.74, 6) is -0.917. The van der Waals surface area contributed by atoms with Crippen molar-refractivity contribution in [1.82, 2.24) is 4.72 Å². The van der Waals surface area contributed by atoms with Crippen molar-refractivity contribution in [3.05, 3.63) is 29.8 Å². The van der Waals surface area contributed by atoms with Crippen LogP contribution >= 0.6 is 0 Å². The number of hydrogen-bond acceptors (Lipinski definition) is 5. The van der Waals surface area contributed by atoms with Gasteiger partial charge in [-0.05, 0) is 39.0 Å². The number of rotatable bonds is 6. The summed E-state index contributed by atoms with van der Waals surface area (Å²) in [6, 6.07) is 1.80. The third kappa shape index (κ3) is 6.63. The van der Waals surface area contributed by atoms with Crippen LogP contribution in [0.25, 0.3) is 0 Å². The fraction of sp³-hybridized carbons (Fsp3) is 0.533. The Labute approximate surface area is 144 Å². The predicted molar refractivity (Wildman–Crippen MR) is 83.3 cm³/mol. The van der Waals surface area contributed by atoms with E-state index in [0.717, 1.165) is 25.3 Å². The van der Waals surface area contributed by atoms with E-state index in [4.69, 9.17) is 4.74 Å². The third-order valence-corrected chi connectivity index (χ3v) is 4.41. The van der Waals surface area contributed by atoms with Crippen molar-refractivity contribution in [2.75, 3.05) is 13.7 Å². The van der Waals surface area contributed by atoms with E-state index in [-0.39, 0.29) is 6.61 Å². The van der Waals surface area contributed by atoms with Crippen molar-refractivity contribution in [1.29, 1.82) is 0 Å². The first-order chi connectivity index (χ1) is 11.3. The van der Waals surface area contributed by atoms with Gasteiger partial charge in [0.25, 0.3) is 0 Å². The summed E-state index contributed by atoms with van der Waals surface area (Å²) >= 11 is 0. The van der Waals surface area contributed by atoms with E-state index in [1.54, 1.807) is 20.8 Å². The van der Waals surface area contributed by atoms with E-state index >= 15 is 0 Å². The molecule has 1 unspecified atom stereocenters. The number of halogens is 3. The van der Waals surface area contributed by atoms with Gasteiger partial charge >= 0.3 is 12.1 Å². The molecule has 1 N–H and O–H groups in total. The van der Waals surface area contributed by atoms with Gasteiger partial charge in [0.05, 0.1) is 29.8 Å².